The number of nitrogen functional groups attached to an aromatic ring is 1. The van der Waals surface area contributed by atoms with Gasteiger partial charge in [0.2, 0.25) is 5.91 Å². The third-order valence-corrected chi connectivity index (χ3v) is 4.93. The molecule has 110 valence electrons. The second-order valence-electron chi connectivity index (χ2n) is 5.49. The van der Waals surface area contributed by atoms with Crippen molar-refractivity contribution in [2.75, 3.05) is 16.8 Å². The molecule has 1 aromatic carbocycles. The van der Waals surface area contributed by atoms with Gasteiger partial charge in [0.05, 0.1) is 11.4 Å². The summed E-state index contributed by atoms with van der Waals surface area (Å²) in [5.41, 5.74) is 6.19. The average Bonchev–Trinajstić information content (AvgIpc) is 2.41. The second-order valence-corrected chi connectivity index (χ2v) is 6.78. The molecule has 20 heavy (non-hydrogen) atoms. The molecule has 3 nitrogen and oxygen atoms in total. The highest BCUT2D eigenvalue weighted by Crippen LogP contribution is 2.31. The molecule has 0 heterocycles. The van der Waals surface area contributed by atoms with Crippen LogP contribution in [-0.2, 0) is 4.79 Å². The SMILES string of the molecule is CC1CCCC(SCC(=O)Nc2cc(N)ccc2F)C1. The monoisotopic (exact) mass is 296 g/mol. The Morgan fingerprint density at radius 1 is 1.50 bits per heavy atom. The first-order chi connectivity index (χ1) is 9.54. The Labute approximate surface area is 123 Å². The van der Waals surface area contributed by atoms with Gasteiger partial charge in [-0.2, -0.15) is 0 Å². The van der Waals surface area contributed by atoms with Crippen LogP contribution in [0.4, 0.5) is 15.8 Å². The summed E-state index contributed by atoms with van der Waals surface area (Å²) < 4.78 is 13.5. The van der Waals surface area contributed by atoms with Crippen LogP contribution in [0.1, 0.15) is 32.6 Å². The second kappa shape index (κ2) is 6.97. The quantitative estimate of drug-likeness (QED) is 0.834. The van der Waals surface area contributed by atoms with Crippen molar-refractivity contribution in [2.45, 2.75) is 37.9 Å². The standard InChI is InChI=1S/C15H21FN2OS/c1-10-3-2-4-12(7-10)20-9-15(19)18-14-8-11(17)5-6-13(14)16/h5-6,8,10,12H,2-4,7,9,17H2,1H3,(H,18,19). The molecule has 1 amide bonds. The van der Waals surface area contributed by atoms with Crippen molar-refractivity contribution < 1.29 is 9.18 Å². The van der Waals surface area contributed by atoms with E-state index in [2.05, 4.69) is 12.2 Å². The molecule has 5 heteroatoms. The predicted molar refractivity (Wildman–Crippen MR) is 83.3 cm³/mol. The highest BCUT2D eigenvalue weighted by Gasteiger charge is 2.20. The van der Waals surface area contributed by atoms with Crippen LogP contribution >= 0.6 is 11.8 Å². The number of anilines is 2. The summed E-state index contributed by atoms with van der Waals surface area (Å²) in [4.78, 5) is 11.9. The zero-order valence-corrected chi connectivity index (χ0v) is 12.5. The molecule has 3 N–H and O–H groups in total. The summed E-state index contributed by atoms with van der Waals surface area (Å²) in [6.07, 6.45) is 4.88. The van der Waals surface area contributed by atoms with Crippen molar-refractivity contribution in [3.8, 4) is 0 Å². The molecule has 2 unspecified atom stereocenters. The number of hydrogen-bond acceptors (Lipinski definition) is 3. The summed E-state index contributed by atoms with van der Waals surface area (Å²) in [6, 6.07) is 4.19. The number of benzene rings is 1. The maximum atomic E-state index is 13.5. The number of amides is 1. The van der Waals surface area contributed by atoms with Crippen LogP contribution in [0.3, 0.4) is 0 Å². The van der Waals surface area contributed by atoms with Gasteiger partial charge >= 0.3 is 0 Å². The van der Waals surface area contributed by atoms with Gasteiger partial charge in [-0.1, -0.05) is 19.8 Å². The third kappa shape index (κ3) is 4.40. The smallest absolute Gasteiger partial charge is 0.234 e. The summed E-state index contributed by atoms with van der Waals surface area (Å²) >= 11 is 1.67. The van der Waals surface area contributed by atoms with Crippen LogP contribution in [0.25, 0.3) is 0 Å². The molecule has 1 saturated carbocycles. The van der Waals surface area contributed by atoms with Gasteiger partial charge in [0.25, 0.3) is 0 Å². The Hall–Kier alpha value is -1.23. The highest BCUT2D eigenvalue weighted by atomic mass is 32.2. The Bertz CT molecular complexity index is 481. The largest absolute Gasteiger partial charge is 0.399 e. The average molecular weight is 296 g/mol. The van der Waals surface area contributed by atoms with Crippen LogP contribution in [0.5, 0.6) is 0 Å². The molecule has 0 spiro atoms. The number of halogens is 1. The normalized spacial score (nSPS) is 22.5. The molecular formula is C15H21FN2OS. The van der Waals surface area contributed by atoms with Gasteiger partial charge in [0.1, 0.15) is 5.82 Å². The van der Waals surface area contributed by atoms with E-state index in [-0.39, 0.29) is 11.6 Å². The van der Waals surface area contributed by atoms with Gasteiger partial charge in [-0.3, -0.25) is 4.79 Å². The first-order valence-electron chi connectivity index (χ1n) is 7.01. The number of nitrogens with two attached hydrogens (primary N) is 1. The molecule has 0 bridgehead atoms. The Balaban J connectivity index is 1.82. The van der Waals surface area contributed by atoms with Gasteiger partial charge in [0.15, 0.2) is 0 Å². The fourth-order valence-corrected chi connectivity index (χ4v) is 3.81. The Kier molecular flexibility index (Phi) is 5.29. The van der Waals surface area contributed by atoms with E-state index in [1.54, 1.807) is 11.8 Å². The molecule has 1 aromatic rings. The fourth-order valence-electron chi connectivity index (χ4n) is 2.55. The van der Waals surface area contributed by atoms with Crippen molar-refractivity contribution in [3.05, 3.63) is 24.0 Å². The van der Waals surface area contributed by atoms with Gasteiger partial charge in [-0.05, 0) is 37.0 Å². The predicted octanol–water partition coefficient (Wildman–Crippen LogP) is 3.66. The van der Waals surface area contributed by atoms with E-state index in [4.69, 9.17) is 5.73 Å². The topological polar surface area (TPSA) is 55.1 Å². The molecule has 1 aliphatic rings. The summed E-state index contributed by atoms with van der Waals surface area (Å²) in [5, 5.41) is 3.14. The number of rotatable bonds is 4. The van der Waals surface area contributed by atoms with E-state index in [0.29, 0.717) is 16.7 Å². The summed E-state index contributed by atoms with van der Waals surface area (Å²) in [5.74, 6) is 0.489. The van der Waals surface area contributed by atoms with Crippen LogP contribution in [-0.4, -0.2) is 16.9 Å². The molecule has 0 saturated heterocycles. The molecule has 1 aliphatic carbocycles. The Morgan fingerprint density at radius 2 is 2.30 bits per heavy atom. The van der Waals surface area contributed by atoms with Crippen LogP contribution in [0.2, 0.25) is 0 Å². The minimum Gasteiger partial charge on any atom is -0.399 e. The maximum Gasteiger partial charge on any atom is 0.234 e. The van der Waals surface area contributed by atoms with E-state index < -0.39 is 5.82 Å². The van der Waals surface area contributed by atoms with Crippen LogP contribution < -0.4 is 11.1 Å². The van der Waals surface area contributed by atoms with E-state index in [1.807, 2.05) is 0 Å². The molecule has 0 aromatic heterocycles. The maximum absolute atomic E-state index is 13.5. The van der Waals surface area contributed by atoms with Crippen LogP contribution in [0, 0.1) is 11.7 Å². The number of carbonyl (C=O) groups is 1. The van der Waals surface area contributed by atoms with E-state index in [0.717, 1.165) is 5.92 Å². The number of hydrogen-bond donors (Lipinski definition) is 2. The van der Waals surface area contributed by atoms with Crippen molar-refractivity contribution in [2.24, 2.45) is 5.92 Å². The van der Waals surface area contributed by atoms with Gasteiger partial charge in [-0.15, -0.1) is 11.8 Å². The van der Waals surface area contributed by atoms with Gasteiger partial charge in [0, 0.05) is 10.9 Å². The summed E-state index contributed by atoms with van der Waals surface area (Å²) in [6.45, 7) is 2.26. The van der Waals surface area contributed by atoms with Crippen molar-refractivity contribution in [1.29, 1.82) is 0 Å². The van der Waals surface area contributed by atoms with Gasteiger partial charge in [-0.25, -0.2) is 4.39 Å². The zero-order valence-electron chi connectivity index (χ0n) is 11.7. The van der Waals surface area contributed by atoms with E-state index in [1.165, 1.54) is 43.9 Å². The zero-order chi connectivity index (χ0) is 14.5. The lowest BCUT2D eigenvalue weighted by atomic mass is 9.91. The molecule has 0 aliphatic heterocycles. The molecular weight excluding hydrogens is 275 g/mol. The number of thioether (sulfide) groups is 1. The van der Waals surface area contributed by atoms with Crippen LogP contribution in [0.15, 0.2) is 18.2 Å². The fraction of sp³-hybridized carbons (Fsp3) is 0.533. The highest BCUT2D eigenvalue weighted by molar-refractivity contribution is 8.00. The number of carbonyl (C=O) groups excluding carboxylic acids is 1. The molecule has 2 atom stereocenters. The van der Waals surface area contributed by atoms with E-state index >= 15 is 0 Å². The lowest BCUT2D eigenvalue weighted by Gasteiger charge is -2.25. The lowest BCUT2D eigenvalue weighted by Crippen LogP contribution is -2.20. The lowest BCUT2D eigenvalue weighted by molar-refractivity contribution is -0.113. The minimum absolute atomic E-state index is 0.160. The first-order valence-corrected chi connectivity index (χ1v) is 8.06. The number of nitrogens with one attached hydrogen (secondary N) is 1. The minimum atomic E-state index is -0.455. The van der Waals surface area contributed by atoms with Crippen molar-refractivity contribution >= 4 is 29.0 Å². The Morgan fingerprint density at radius 3 is 3.05 bits per heavy atom. The molecule has 0 radical (unpaired) electrons. The first kappa shape index (κ1) is 15.2. The van der Waals surface area contributed by atoms with Crippen molar-refractivity contribution in [1.82, 2.24) is 0 Å². The van der Waals surface area contributed by atoms with E-state index in [9.17, 15) is 9.18 Å². The molecule has 1 fully saturated rings. The van der Waals surface area contributed by atoms with Crippen molar-refractivity contribution in [3.63, 3.8) is 0 Å². The third-order valence-electron chi connectivity index (χ3n) is 3.60. The molecule has 2 rings (SSSR count). The van der Waals surface area contributed by atoms with Gasteiger partial charge < -0.3 is 11.1 Å². The summed E-state index contributed by atoms with van der Waals surface area (Å²) in [7, 11) is 0.